The lowest BCUT2D eigenvalue weighted by atomic mass is 10.0. The van der Waals surface area contributed by atoms with Gasteiger partial charge in [-0.15, -0.1) is 0 Å². The second-order valence-electron chi connectivity index (χ2n) is 4.70. The van der Waals surface area contributed by atoms with Crippen LogP contribution in [0.3, 0.4) is 0 Å². The third kappa shape index (κ3) is 1.99. The highest BCUT2D eigenvalue weighted by Gasteiger charge is 2.12. The van der Waals surface area contributed by atoms with Crippen molar-refractivity contribution in [2.24, 2.45) is 0 Å². The summed E-state index contributed by atoms with van der Waals surface area (Å²) in [5.41, 5.74) is 4.10. The number of alkyl halides is 1. The zero-order valence-electron chi connectivity index (χ0n) is 10.9. The van der Waals surface area contributed by atoms with Crippen LogP contribution in [0.5, 0.6) is 0 Å². The summed E-state index contributed by atoms with van der Waals surface area (Å²) in [5.74, 6) is 0.507. The molecular formula is C15H10BrN5. The molecule has 0 amide bonds. The predicted molar refractivity (Wildman–Crippen MR) is 84.2 cm³/mol. The third-order valence-electron chi connectivity index (χ3n) is 3.41. The molecule has 0 saturated carbocycles. The lowest BCUT2D eigenvalue weighted by Gasteiger charge is -2.08. The number of rotatable bonds is 2. The van der Waals surface area contributed by atoms with E-state index in [4.69, 9.17) is 0 Å². The summed E-state index contributed by atoms with van der Waals surface area (Å²) >= 11 is 3.50. The molecule has 0 aliphatic rings. The molecular weight excluding hydrogens is 330 g/mol. The van der Waals surface area contributed by atoms with Crippen LogP contribution >= 0.6 is 15.9 Å². The van der Waals surface area contributed by atoms with Crippen LogP contribution in [0.1, 0.15) is 5.56 Å². The number of benzene rings is 2. The first-order valence-corrected chi connectivity index (χ1v) is 7.61. The Labute approximate surface area is 128 Å². The van der Waals surface area contributed by atoms with Crippen LogP contribution in [0, 0.1) is 0 Å². The van der Waals surface area contributed by atoms with Gasteiger partial charge in [0.25, 0.3) is 5.78 Å². The number of hydrogen-bond donors (Lipinski definition) is 0. The summed E-state index contributed by atoms with van der Waals surface area (Å²) in [6.45, 7) is 0. The molecule has 0 fully saturated rings. The third-order valence-corrected chi connectivity index (χ3v) is 4.06. The molecule has 2 aromatic heterocycles. The van der Waals surface area contributed by atoms with Gasteiger partial charge in [-0.3, -0.25) is 0 Å². The van der Waals surface area contributed by atoms with Crippen molar-refractivity contribution in [1.82, 2.24) is 25.0 Å². The summed E-state index contributed by atoms with van der Waals surface area (Å²) in [6, 6.07) is 16.3. The minimum Gasteiger partial charge on any atom is -0.209 e. The number of halogens is 1. The zero-order valence-corrected chi connectivity index (χ0v) is 12.5. The molecule has 102 valence electrons. The molecule has 0 atom stereocenters. The molecule has 0 N–H and O–H groups in total. The van der Waals surface area contributed by atoms with E-state index in [9.17, 15) is 0 Å². The Kier molecular flexibility index (Phi) is 2.89. The highest BCUT2D eigenvalue weighted by molar-refractivity contribution is 9.08. The average molecular weight is 340 g/mol. The van der Waals surface area contributed by atoms with Crippen LogP contribution in [-0.2, 0) is 5.33 Å². The van der Waals surface area contributed by atoms with E-state index >= 15 is 0 Å². The maximum atomic E-state index is 4.62. The lowest BCUT2D eigenvalue weighted by Crippen LogP contribution is -1.98. The van der Waals surface area contributed by atoms with Crippen LogP contribution in [0.4, 0.5) is 0 Å². The van der Waals surface area contributed by atoms with E-state index in [1.54, 1.807) is 4.52 Å². The normalized spacial score (nSPS) is 11.3. The maximum absolute atomic E-state index is 4.62. The first-order chi connectivity index (χ1) is 10.4. The number of tetrazole rings is 1. The van der Waals surface area contributed by atoms with Gasteiger partial charge in [0, 0.05) is 16.3 Å². The lowest BCUT2D eigenvalue weighted by molar-refractivity contribution is 0.840. The highest BCUT2D eigenvalue weighted by atomic mass is 79.9. The number of nitrogens with zero attached hydrogens (tertiary/aromatic N) is 5. The van der Waals surface area contributed by atoms with Gasteiger partial charge >= 0.3 is 0 Å². The van der Waals surface area contributed by atoms with Crippen LogP contribution in [0.2, 0.25) is 0 Å². The molecule has 4 rings (SSSR count). The van der Waals surface area contributed by atoms with Gasteiger partial charge in [-0.05, 0) is 28.1 Å². The Morgan fingerprint density at radius 2 is 1.90 bits per heavy atom. The second kappa shape index (κ2) is 4.89. The van der Waals surface area contributed by atoms with E-state index in [0.29, 0.717) is 5.78 Å². The highest BCUT2D eigenvalue weighted by Crippen LogP contribution is 2.28. The Bertz CT molecular complexity index is 933. The molecule has 0 bridgehead atoms. The van der Waals surface area contributed by atoms with Gasteiger partial charge in [-0.2, -0.15) is 4.52 Å². The molecule has 0 aliphatic heterocycles. The first-order valence-electron chi connectivity index (χ1n) is 6.49. The van der Waals surface area contributed by atoms with Crippen molar-refractivity contribution in [1.29, 1.82) is 0 Å². The van der Waals surface area contributed by atoms with E-state index in [1.165, 1.54) is 5.56 Å². The fourth-order valence-electron chi connectivity index (χ4n) is 2.42. The smallest absolute Gasteiger partial charge is 0.209 e. The number of aromatic nitrogens is 5. The molecule has 6 heteroatoms. The second-order valence-corrected chi connectivity index (χ2v) is 5.26. The molecule has 4 aromatic rings. The fraction of sp³-hybridized carbons (Fsp3) is 0.0667. The van der Waals surface area contributed by atoms with Gasteiger partial charge in [0.15, 0.2) is 0 Å². The van der Waals surface area contributed by atoms with Crippen molar-refractivity contribution in [2.75, 3.05) is 0 Å². The summed E-state index contributed by atoms with van der Waals surface area (Å²) in [6.07, 6.45) is 0. The minimum atomic E-state index is 0.507. The van der Waals surface area contributed by atoms with Crippen LogP contribution < -0.4 is 0 Å². The molecule has 0 unspecified atom stereocenters. The number of fused-ring (bicyclic) bond motifs is 3. The van der Waals surface area contributed by atoms with Gasteiger partial charge in [0.05, 0.1) is 11.2 Å². The van der Waals surface area contributed by atoms with Crippen molar-refractivity contribution < 1.29 is 0 Å². The van der Waals surface area contributed by atoms with Gasteiger partial charge in [0.1, 0.15) is 0 Å². The standard InChI is InChI=1S/C15H10BrN5/c16-9-10-6-7-13-12(8-10)14(11-4-2-1-3-5-11)17-15-18-19-20-21(13)15/h1-8H,9H2. The van der Waals surface area contributed by atoms with E-state index < -0.39 is 0 Å². The summed E-state index contributed by atoms with van der Waals surface area (Å²) < 4.78 is 1.67. The largest absolute Gasteiger partial charge is 0.274 e. The van der Waals surface area contributed by atoms with Gasteiger partial charge in [-0.25, -0.2) is 4.98 Å². The first kappa shape index (κ1) is 12.4. The fourth-order valence-corrected chi connectivity index (χ4v) is 2.77. The van der Waals surface area contributed by atoms with Gasteiger partial charge in [0.2, 0.25) is 0 Å². The Balaban J connectivity index is 2.15. The van der Waals surface area contributed by atoms with Gasteiger partial charge in [-0.1, -0.05) is 57.4 Å². The van der Waals surface area contributed by atoms with Crippen molar-refractivity contribution in [3.8, 4) is 11.3 Å². The Morgan fingerprint density at radius 1 is 1.05 bits per heavy atom. The molecule has 5 nitrogen and oxygen atoms in total. The Morgan fingerprint density at radius 3 is 2.71 bits per heavy atom. The molecule has 2 aromatic carbocycles. The number of hydrogen-bond acceptors (Lipinski definition) is 4. The van der Waals surface area contributed by atoms with Crippen molar-refractivity contribution in [2.45, 2.75) is 5.33 Å². The summed E-state index contributed by atoms with van der Waals surface area (Å²) in [4.78, 5) is 4.62. The van der Waals surface area contributed by atoms with E-state index in [-0.39, 0.29) is 0 Å². The summed E-state index contributed by atoms with van der Waals surface area (Å²) in [5, 5.41) is 13.6. The molecule has 2 heterocycles. The van der Waals surface area contributed by atoms with Crippen LogP contribution in [-0.4, -0.2) is 25.0 Å². The zero-order chi connectivity index (χ0) is 14.2. The monoisotopic (exact) mass is 339 g/mol. The van der Waals surface area contributed by atoms with Gasteiger partial charge < -0.3 is 0 Å². The molecule has 0 aliphatic carbocycles. The predicted octanol–water partition coefficient (Wildman–Crippen LogP) is 3.23. The molecule has 0 radical (unpaired) electrons. The average Bonchev–Trinajstić information content (AvgIpc) is 3.03. The topological polar surface area (TPSA) is 56.0 Å². The molecule has 0 saturated heterocycles. The molecule has 21 heavy (non-hydrogen) atoms. The maximum Gasteiger partial charge on any atom is 0.274 e. The van der Waals surface area contributed by atoms with Crippen molar-refractivity contribution >= 4 is 32.6 Å². The van der Waals surface area contributed by atoms with E-state index in [0.717, 1.165) is 27.5 Å². The van der Waals surface area contributed by atoms with E-state index in [1.807, 2.05) is 36.4 Å². The van der Waals surface area contributed by atoms with Crippen LogP contribution in [0.25, 0.3) is 27.9 Å². The SMILES string of the molecule is BrCc1ccc2c(c1)c(-c1ccccc1)nc1nnnn12. The van der Waals surface area contributed by atoms with Crippen LogP contribution in [0.15, 0.2) is 48.5 Å². The quantitative estimate of drug-likeness (QED) is 0.526. The van der Waals surface area contributed by atoms with Crippen molar-refractivity contribution in [3.63, 3.8) is 0 Å². The van der Waals surface area contributed by atoms with E-state index in [2.05, 4.69) is 48.6 Å². The van der Waals surface area contributed by atoms with Crippen molar-refractivity contribution in [3.05, 3.63) is 54.1 Å². The summed E-state index contributed by atoms with van der Waals surface area (Å²) in [7, 11) is 0. The minimum absolute atomic E-state index is 0.507. The Hall–Kier alpha value is -2.34. The molecule has 0 spiro atoms.